The summed E-state index contributed by atoms with van der Waals surface area (Å²) < 4.78 is 1.00. The number of hydrogen-bond acceptors (Lipinski definition) is 1. The standard InChI is InChI=1S/C15H14BrCl2N/c1-2-19-15(11-5-3-4-6-13(11)17)12-9-10(16)7-8-14(12)18/h3-9,15,19H,2H2,1H3. The van der Waals surface area contributed by atoms with E-state index >= 15 is 0 Å². The third-order valence-electron chi connectivity index (χ3n) is 2.89. The zero-order valence-electron chi connectivity index (χ0n) is 10.5. The third kappa shape index (κ3) is 3.51. The Bertz CT molecular complexity index is 572. The van der Waals surface area contributed by atoms with Crippen LogP contribution in [0.25, 0.3) is 0 Å². The summed E-state index contributed by atoms with van der Waals surface area (Å²) in [5.41, 5.74) is 2.05. The summed E-state index contributed by atoms with van der Waals surface area (Å²) in [6.07, 6.45) is 0. The lowest BCUT2D eigenvalue weighted by Crippen LogP contribution is -2.22. The highest BCUT2D eigenvalue weighted by atomic mass is 79.9. The van der Waals surface area contributed by atoms with E-state index in [4.69, 9.17) is 23.2 Å². The van der Waals surface area contributed by atoms with Crippen LogP contribution in [0.2, 0.25) is 10.0 Å². The fourth-order valence-corrected chi connectivity index (χ4v) is 2.89. The van der Waals surface area contributed by atoms with Gasteiger partial charge in [-0.25, -0.2) is 0 Å². The average molecular weight is 359 g/mol. The number of benzene rings is 2. The number of rotatable bonds is 4. The molecule has 0 heterocycles. The average Bonchev–Trinajstić information content (AvgIpc) is 2.40. The molecule has 19 heavy (non-hydrogen) atoms. The Kier molecular flexibility index (Phi) is 5.28. The number of nitrogens with one attached hydrogen (secondary N) is 1. The van der Waals surface area contributed by atoms with Gasteiger partial charge in [0.1, 0.15) is 0 Å². The second-order valence-corrected chi connectivity index (χ2v) is 5.91. The monoisotopic (exact) mass is 357 g/mol. The Morgan fingerprint density at radius 1 is 1.05 bits per heavy atom. The van der Waals surface area contributed by atoms with E-state index in [1.807, 2.05) is 42.5 Å². The van der Waals surface area contributed by atoms with E-state index in [1.54, 1.807) is 0 Å². The van der Waals surface area contributed by atoms with Crippen molar-refractivity contribution >= 4 is 39.1 Å². The van der Waals surface area contributed by atoms with Crippen LogP contribution in [0.3, 0.4) is 0 Å². The van der Waals surface area contributed by atoms with Crippen molar-refractivity contribution in [3.8, 4) is 0 Å². The molecule has 2 aromatic rings. The molecule has 0 spiro atoms. The lowest BCUT2D eigenvalue weighted by atomic mass is 9.98. The van der Waals surface area contributed by atoms with E-state index in [0.717, 1.165) is 32.2 Å². The van der Waals surface area contributed by atoms with Gasteiger partial charge in [0.2, 0.25) is 0 Å². The highest BCUT2D eigenvalue weighted by Crippen LogP contribution is 2.33. The Labute approximate surface area is 132 Å². The molecule has 100 valence electrons. The molecule has 0 fully saturated rings. The molecule has 0 aliphatic rings. The van der Waals surface area contributed by atoms with Crippen molar-refractivity contribution in [3.63, 3.8) is 0 Å². The maximum atomic E-state index is 6.33. The number of halogens is 3. The molecule has 0 aromatic heterocycles. The minimum atomic E-state index is -0.0105. The van der Waals surface area contributed by atoms with Crippen LogP contribution in [0.15, 0.2) is 46.9 Å². The first kappa shape index (κ1) is 14.9. The minimum Gasteiger partial charge on any atom is -0.306 e. The van der Waals surface area contributed by atoms with Crippen molar-refractivity contribution in [1.82, 2.24) is 5.32 Å². The molecule has 2 rings (SSSR count). The molecule has 1 N–H and O–H groups in total. The van der Waals surface area contributed by atoms with E-state index in [0.29, 0.717) is 0 Å². The second kappa shape index (κ2) is 6.76. The summed E-state index contributed by atoms with van der Waals surface area (Å²) in [7, 11) is 0. The van der Waals surface area contributed by atoms with Gasteiger partial charge in [0, 0.05) is 14.5 Å². The smallest absolute Gasteiger partial charge is 0.0606 e. The predicted octanol–water partition coefficient (Wildman–Crippen LogP) is 5.45. The molecule has 0 bridgehead atoms. The summed E-state index contributed by atoms with van der Waals surface area (Å²) in [5, 5.41) is 4.91. The van der Waals surface area contributed by atoms with Crippen molar-refractivity contribution in [3.05, 3.63) is 68.1 Å². The van der Waals surface area contributed by atoms with E-state index in [-0.39, 0.29) is 6.04 Å². The molecule has 2 aromatic carbocycles. The number of hydrogen-bond donors (Lipinski definition) is 1. The van der Waals surface area contributed by atoms with Gasteiger partial charge in [0.05, 0.1) is 6.04 Å². The van der Waals surface area contributed by atoms with Crippen LogP contribution < -0.4 is 5.32 Å². The maximum absolute atomic E-state index is 6.33. The molecule has 0 radical (unpaired) electrons. The Balaban J connectivity index is 2.51. The summed E-state index contributed by atoms with van der Waals surface area (Å²) >= 11 is 16.1. The molecule has 0 aliphatic carbocycles. The molecular weight excluding hydrogens is 345 g/mol. The predicted molar refractivity (Wildman–Crippen MR) is 86.1 cm³/mol. The summed E-state index contributed by atoms with van der Waals surface area (Å²) in [6, 6.07) is 13.7. The van der Waals surface area contributed by atoms with Crippen molar-refractivity contribution < 1.29 is 0 Å². The highest BCUT2D eigenvalue weighted by molar-refractivity contribution is 9.10. The highest BCUT2D eigenvalue weighted by Gasteiger charge is 2.18. The third-order valence-corrected chi connectivity index (χ3v) is 4.08. The molecule has 1 unspecified atom stereocenters. The van der Waals surface area contributed by atoms with E-state index in [1.165, 1.54) is 0 Å². The van der Waals surface area contributed by atoms with Gasteiger partial charge in [-0.3, -0.25) is 0 Å². The molecule has 0 amide bonds. The van der Waals surface area contributed by atoms with Gasteiger partial charge in [-0.1, -0.05) is 64.3 Å². The Morgan fingerprint density at radius 2 is 1.74 bits per heavy atom. The second-order valence-electron chi connectivity index (χ2n) is 4.18. The quantitative estimate of drug-likeness (QED) is 0.765. The van der Waals surface area contributed by atoms with Gasteiger partial charge in [-0.15, -0.1) is 0 Å². The van der Waals surface area contributed by atoms with Crippen LogP contribution >= 0.6 is 39.1 Å². The van der Waals surface area contributed by atoms with Gasteiger partial charge in [-0.2, -0.15) is 0 Å². The first-order valence-electron chi connectivity index (χ1n) is 6.06. The molecule has 1 nitrogen and oxygen atoms in total. The van der Waals surface area contributed by atoms with Gasteiger partial charge in [0.15, 0.2) is 0 Å². The van der Waals surface area contributed by atoms with Crippen molar-refractivity contribution in [2.24, 2.45) is 0 Å². The lowest BCUT2D eigenvalue weighted by Gasteiger charge is -2.21. The van der Waals surface area contributed by atoms with Crippen LogP contribution in [0.5, 0.6) is 0 Å². The first-order valence-corrected chi connectivity index (χ1v) is 7.61. The zero-order chi connectivity index (χ0) is 13.8. The van der Waals surface area contributed by atoms with Crippen LogP contribution in [0, 0.1) is 0 Å². The lowest BCUT2D eigenvalue weighted by molar-refractivity contribution is 0.631. The molecule has 0 saturated carbocycles. The van der Waals surface area contributed by atoms with E-state index in [9.17, 15) is 0 Å². The largest absolute Gasteiger partial charge is 0.306 e. The van der Waals surface area contributed by atoms with E-state index < -0.39 is 0 Å². The maximum Gasteiger partial charge on any atom is 0.0606 e. The molecule has 0 aliphatic heterocycles. The topological polar surface area (TPSA) is 12.0 Å². The van der Waals surface area contributed by atoms with Gasteiger partial charge in [-0.05, 0) is 41.9 Å². The summed E-state index contributed by atoms with van der Waals surface area (Å²) in [5.74, 6) is 0. The molecular formula is C15H14BrCl2N. The SMILES string of the molecule is CCNC(c1ccccc1Cl)c1cc(Br)ccc1Cl. The van der Waals surface area contributed by atoms with Crippen molar-refractivity contribution in [2.45, 2.75) is 13.0 Å². The van der Waals surface area contributed by atoms with Crippen LogP contribution in [0.1, 0.15) is 24.1 Å². The summed E-state index contributed by atoms with van der Waals surface area (Å²) in [6.45, 7) is 2.90. The fraction of sp³-hybridized carbons (Fsp3) is 0.200. The summed E-state index contributed by atoms with van der Waals surface area (Å²) in [4.78, 5) is 0. The van der Waals surface area contributed by atoms with Crippen molar-refractivity contribution in [1.29, 1.82) is 0 Å². The van der Waals surface area contributed by atoms with Gasteiger partial charge >= 0.3 is 0 Å². The fourth-order valence-electron chi connectivity index (χ4n) is 2.04. The Morgan fingerprint density at radius 3 is 2.42 bits per heavy atom. The minimum absolute atomic E-state index is 0.0105. The van der Waals surface area contributed by atoms with Gasteiger partial charge in [0.25, 0.3) is 0 Å². The first-order chi connectivity index (χ1) is 9.13. The molecule has 1 atom stereocenters. The van der Waals surface area contributed by atoms with Crippen molar-refractivity contribution in [2.75, 3.05) is 6.54 Å². The molecule has 0 saturated heterocycles. The normalized spacial score (nSPS) is 12.4. The van der Waals surface area contributed by atoms with Crippen LogP contribution in [-0.2, 0) is 0 Å². The van der Waals surface area contributed by atoms with Crippen LogP contribution in [-0.4, -0.2) is 6.54 Å². The van der Waals surface area contributed by atoms with Gasteiger partial charge < -0.3 is 5.32 Å². The zero-order valence-corrected chi connectivity index (χ0v) is 13.6. The molecule has 4 heteroatoms. The van der Waals surface area contributed by atoms with E-state index in [2.05, 4.69) is 28.2 Å². The Hall–Kier alpha value is -0.540. The van der Waals surface area contributed by atoms with Crippen LogP contribution in [0.4, 0.5) is 0 Å².